The van der Waals surface area contributed by atoms with Gasteiger partial charge >= 0.3 is 0 Å². The van der Waals surface area contributed by atoms with Gasteiger partial charge < -0.3 is 15.4 Å². The van der Waals surface area contributed by atoms with E-state index in [9.17, 15) is 9.18 Å². The van der Waals surface area contributed by atoms with Crippen LogP contribution in [0.2, 0.25) is 0 Å². The fourth-order valence-electron chi connectivity index (χ4n) is 4.33. The van der Waals surface area contributed by atoms with Crippen LogP contribution in [0.25, 0.3) is 0 Å². The Morgan fingerprint density at radius 2 is 1.81 bits per heavy atom. The summed E-state index contributed by atoms with van der Waals surface area (Å²) in [6, 6.07) is 21.2. The number of hydrogen-bond acceptors (Lipinski definition) is 6. The predicted octanol–water partition coefficient (Wildman–Crippen LogP) is 5.95. The number of hydrogen-bond donors (Lipinski definition) is 2. The van der Waals surface area contributed by atoms with Crippen molar-refractivity contribution < 1.29 is 13.9 Å². The van der Waals surface area contributed by atoms with Gasteiger partial charge in [-0.05, 0) is 43.2 Å². The quantitative estimate of drug-likeness (QED) is 0.296. The average Bonchev–Trinajstić information content (AvgIpc) is 3.31. The van der Waals surface area contributed by atoms with Crippen molar-refractivity contribution in [1.29, 1.82) is 0 Å². The number of fused-ring (bicyclic) bond motifs is 1. The van der Waals surface area contributed by atoms with Gasteiger partial charge in [-0.25, -0.2) is 9.07 Å². The maximum Gasteiger partial charge on any atom is 0.255 e. The molecule has 0 saturated heterocycles. The van der Waals surface area contributed by atoms with E-state index in [1.54, 1.807) is 30.0 Å². The number of amides is 1. The van der Waals surface area contributed by atoms with Crippen molar-refractivity contribution in [2.75, 3.05) is 17.7 Å². The summed E-state index contributed by atoms with van der Waals surface area (Å²) in [6.07, 6.45) is 0. The highest BCUT2D eigenvalue weighted by Gasteiger charge is 2.36. The molecule has 7 nitrogen and oxygen atoms in total. The smallest absolute Gasteiger partial charge is 0.255 e. The third-order valence-corrected chi connectivity index (χ3v) is 7.11. The summed E-state index contributed by atoms with van der Waals surface area (Å²) in [4.78, 5) is 18.4. The number of carbonyl (C=O) groups excluding carboxylic acids is 1. The van der Waals surface area contributed by atoms with E-state index in [2.05, 4.69) is 15.6 Å². The van der Waals surface area contributed by atoms with E-state index in [0.717, 1.165) is 16.8 Å². The van der Waals surface area contributed by atoms with Gasteiger partial charge in [0.1, 0.15) is 17.6 Å². The van der Waals surface area contributed by atoms with Gasteiger partial charge in [-0.2, -0.15) is 4.98 Å². The summed E-state index contributed by atoms with van der Waals surface area (Å²) in [5, 5.41) is 11.5. The zero-order valence-corrected chi connectivity index (χ0v) is 21.5. The van der Waals surface area contributed by atoms with Gasteiger partial charge in [0.05, 0.1) is 12.7 Å². The van der Waals surface area contributed by atoms with Gasteiger partial charge in [0.25, 0.3) is 5.91 Å². The van der Waals surface area contributed by atoms with Gasteiger partial charge in [0.15, 0.2) is 0 Å². The first-order valence-electron chi connectivity index (χ1n) is 11.8. The van der Waals surface area contributed by atoms with Crippen molar-refractivity contribution >= 4 is 29.3 Å². The summed E-state index contributed by atoms with van der Waals surface area (Å²) < 4.78 is 21.5. The molecule has 0 aliphatic carbocycles. The lowest BCUT2D eigenvalue weighted by Gasteiger charge is -2.29. The molecule has 1 aliphatic heterocycles. The first kappa shape index (κ1) is 24.6. The predicted molar refractivity (Wildman–Crippen MR) is 143 cm³/mol. The number of nitrogens with one attached hydrogen (secondary N) is 2. The van der Waals surface area contributed by atoms with Crippen LogP contribution in [0.1, 0.15) is 29.7 Å². The summed E-state index contributed by atoms with van der Waals surface area (Å²) in [5.74, 6) is 0.985. The van der Waals surface area contributed by atoms with E-state index < -0.39 is 6.04 Å². The number of nitrogens with zero attached hydrogens (tertiary/aromatic N) is 3. The molecule has 0 spiro atoms. The molecule has 1 unspecified atom stereocenters. The van der Waals surface area contributed by atoms with Gasteiger partial charge in [-0.3, -0.25) is 4.79 Å². The average molecular weight is 516 g/mol. The first-order valence-corrected chi connectivity index (χ1v) is 12.7. The third kappa shape index (κ3) is 4.95. The number of aryl methyl sites for hydroxylation is 1. The van der Waals surface area contributed by atoms with Gasteiger partial charge in [-0.1, -0.05) is 66.4 Å². The number of para-hydroxylation sites is 2. The molecule has 4 aromatic rings. The number of benzene rings is 3. The van der Waals surface area contributed by atoms with Crippen molar-refractivity contribution in [2.45, 2.75) is 30.8 Å². The lowest BCUT2D eigenvalue weighted by atomic mass is 9.94. The summed E-state index contributed by atoms with van der Waals surface area (Å²) >= 11 is 1.33. The highest BCUT2D eigenvalue weighted by atomic mass is 32.2. The van der Waals surface area contributed by atoms with Crippen LogP contribution in [0.4, 0.5) is 16.0 Å². The monoisotopic (exact) mass is 515 g/mol. The van der Waals surface area contributed by atoms with Crippen molar-refractivity contribution in [1.82, 2.24) is 14.8 Å². The van der Waals surface area contributed by atoms with E-state index in [0.29, 0.717) is 39.4 Å². The van der Waals surface area contributed by atoms with Crippen molar-refractivity contribution in [2.24, 2.45) is 0 Å². The molecule has 0 radical (unpaired) electrons. The summed E-state index contributed by atoms with van der Waals surface area (Å²) in [7, 11) is 1.60. The highest BCUT2D eigenvalue weighted by molar-refractivity contribution is 7.98. The van der Waals surface area contributed by atoms with E-state index in [1.807, 2.05) is 62.4 Å². The van der Waals surface area contributed by atoms with E-state index in [-0.39, 0.29) is 11.7 Å². The van der Waals surface area contributed by atoms with Crippen LogP contribution in [0.3, 0.4) is 0 Å². The molecule has 9 heteroatoms. The molecule has 37 heavy (non-hydrogen) atoms. The summed E-state index contributed by atoms with van der Waals surface area (Å²) in [6.45, 7) is 3.79. The van der Waals surface area contributed by atoms with Gasteiger partial charge in [0, 0.05) is 22.7 Å². The van der Waals surface area contributed by atoms with Gasteiger partial charge in [-0.15, -0.1) is 5.10 Å². The highest BCUT2D eigenvalue weighted by Crippen LogP contribution is 2.40. The van der Waals surface area contributed by atoms with Crippen molar-refractivity contribution in [3.63, 3.8) is 0 Å². The Balaban J connectivity index is 1.53. The van der Waals surface area contributed by atoms with Crippen molar-refractivity contribution in [3.05, 3.63) is 107 Å². The van der Waals surface area contributed by atoms with Crippen LogP contribution in [0.5, 0.6) is 5.75 Å². The molecule has 2 N–H and O–H groups in total. The minimum absolute atomic E-state index is 0.253. The Kier molecular flexibility index (Phi) is 6.96. The Bertz CT molecular complexity index is 1500. The van der Waals surface area contributed by atoms with Crippen LogP contribution in [-0.4, -0.2) is 27.8 Å². The normalized spacial score (nSPS) is 14.6. The zero-order chi connectivity index (χ0) is 25.9. The van der Waals surface area contributed by atoms with Crippen LogP contribution in [0, 0.1) is 12.7 Å². The minimum atomic E-state index is -0.591. The second-order valence-electron chi connectivity index (χ2n) is 8.62. The Morgan fingerprint density at radius 3 is 2.59 bits per heavy atom. The molecule has 0 fully saturated rings. The largest absolute Gasteiger partial charge is 0.496 e. The third-order valence-electron chi connectivity index (χ3n) is 6.22. The molecule has 1 aromatic heterocycles. The molecule has 5 rings (SSSR count). The molecule has 2 heterocycles. The van der Waals surface area contributed by atoms with Gasteiger partial charge in [0.2, 0.25) is 11.1 Å². The number of aromatic nitrogens is 3. The number of halogens is 1. The SMILES string of the molecule is COc1ccccc1C1C(C(=O)Nc2ccccc2C)=C(C)Nc2nc(SCc3ccccc3F)nn21. The lowest BCUT2D eigenvalue weighted by molar-refractivity contribution is -0.113. The van der Waals surface area contributed by atoms with Crippen LogP contribution in [0.15, 0.2) is 89.2 Å². The zero-order valence-electron chi connectivity index (χ0n) is 20.7. The number of carbonyl (C=O) groups is 1. The lowest BCUT2D eigenvalue weighted by Crippen LogP contribution is -2.31. The standard InChI is InChI=1S/C28H26FN5O2S/c1-17-10-4-8-14-22(17)31-26(35)24-18(2)30-27-32-28(37-16-19-11-5-7-13-21(19)29)33-34(27)25(24)20-12-6-9-15-23(20)36-3/h4-15,25H,16H2,1-3H3,(H,31,35)(H,30,32,33). The van der Waals surface area contributed by atoms with Crippen molar-refractivity contribution in [3.8, 4) is 5.75 Å². The molecule has 0 bridgehead atoms. The fourth-order valence-corrected chi connectivity index (χ4v) is 5.14. The topological polar surface area (TPSA) is 81.1 Å². The number of ether oxygens (including phenoxy) is 1. The van der Waals surface area contributed by atoms with E-state index in [4.69, 9.17) is 9.84 Å². The first-order chi connectivity index (χ1) is 18.0. The Morgan fingerprint density at radius 1 is 1.08 bits per heavy atom. The molecular formula is C28H26FN5O2S. The van der Waals surface area contributed by atoms with Crippen LogP contribution < -0.4 is 15.4 Å². The number of allylic oxidation sites excluding steroid dienone is 1. The molecule has 3 aromatic carbocycles. The Labute approximate surface area is 218 Å². The molecule has 1 amide bonds. The number of anilines is 2. The fraction of sp³-hybridized carbons (Fsp3) is 0.179. The Hall–Kier alpha value is -4.11. The maximum absolute atomic E-state index is 14.1. The van der Waals surface area contributed by atoms with Crippen LogP contribution in [-0.2, 0) is 10.5 Å². The second kappa shape index (κ2) is 10.5. The molecule has 188 valence electrons. The van der Waals surface area contributed by atoms with E-state index in [1.165, 1.54) is 17.8 Å². The maximum atomic E-state index is 14.1. The second-order valence-corrected chi connectivity index (χ2v) is 9.56. The molecule has 1 aliphatic rings. The van der Waals surface area contributed by atoms with E-state index >= 15 is 0 Å². The number of thioether (sulfide) groups is 1. The number of methoxy groups -OCH3 is 1. The molecule has 0 saturated carbocycles. The van der Waals surface area contributed by atoms with Crippen LogP contribution >= 0.6 is 11.8 Å². The number of rotatable bonds is 7. The molecular weight excluding hydrogens is 489 g/mol. The molecule has 1 atom stereocenters. The summed E-state index contributed by atoms with van der Waals surface area (Å²) in [5.41, 5.74) is 4.19. The minimum Gasteiger partial charge on any atom is -0.496 e.